The summed E-state index contributed by atoms with van der Waals surface area (Å²) in [4.78, 5) is 22.3. The van der Waals surface area contributed by atoms with Crippen LogP contribution in [0.5, 0.6) is 0 Å². The molecule has 2 N–H and O–H groups in total. The maximum atomic E-state index is 11.8. The zero-order valence-electron chi connectivity index (χ0n) is 10.7. The number of carboxylic acid groups (broad SMARTS) is 1. The summed E-state index contributed by atoms with van der Waals surface area (Å²) in [6.07, 6.45) is 0.132. The topological polar surface area (TPSA) is 66.4 Å². The first kappa shape index (κ1) is 16.0. The number of nitrogens with one attached hydrogen (secondary N) is 1. The average Bonchev–Trinajstić information content (AvgIpc) is 2.24. The maximum absolute atomic E-state index is 11.8. The Balaban J connectivity index is 2.67. The highest BCUT2D eigenvalue weighted by molar-refractivity contribution is 9.10. The van der Waals surface area contributed by atoms with Crippen LogP contribution >= 0.6 is 27.5 Å². The monoisotopic (exact) mass is 347 g/mol. The van der Waals surface area contributed by atoms with Gasteiger partial charge in [0, 0.05) is 22.3 Å². The van der Waals surface area contributed by atoms with Gasteiger partial charge in [-0.15, -0.1) is 0 Å². The summed E-state index contributed by atoms with van der Waals surface area (Å²) in [5.74, 6) is -1.34. The minimum Gasteiger partial charge on any atom is -0.481 e. The zero-order valence-corrected chi connectivity index (χ0v) is 13.0. The van der Waals surface area contributed by atoms with Crippen molar-refractivity contribution in [3.63, 3.8) is 0 Å². The summed E-state index contributed by atoms with van der Waals surface area (Å²) in [6, 6.07) is 3.49. The van der Waals surface area contributed by atoms with Gasteiger partial charge in [0.1, 0.15) is 0 Å². The summed E-state index contributed by atoms with van der Waals surface area (Å²) in [5.41, 5.74) is 1.49. The van der Waals surface area contributed by atoms with Crippen LogP contribution in [0, 0.1) is 12.8 Å². The van der Waals surface area contributed by atoms with Gasteiger partial charge in [-0.3, -0.25) is 9.59 Å². The van der Waals surface area contributed by atoms with Crippen LogP contribution in [0.1, 0.15) is 25.3 Å². The number of benzene rings is 1. The maximum Gasteiger partial charge on any atom is 0.303 e. The molecule has 1 unspecified atom stereocenters. The van der Waals surface area contributed by atoms with Crippen LogP contribution in [0.2, 0.25) is 5.02 Å². The molecule has 1 aromatic rings. The van der Waals surface area contributed by atoms with Gasteiger partial charge in [0.2, 0.25) is 5.91 Å². The molecule has 0 fully saturated rings. The second kappa shape index (κ2) is 6.91. The van der Waals surface area contributed by atoms with Crippen molar-refractivity contribution in [3.05, 3.63) is 27.2 Å². The lowest BCUT2D eigenvalue weighted by Gasteiger charge is -2.12. The fourth-order valence-electron chi connectivity index (χ4n) is 1.63. The number of rotatable bonds is 5. The van der Waals surface area contributed by atoms with Gasteiger partial charge in [-0.1, -0.05) is 18.5 Å². The van der Waals surface area contributed by atoms with Gasteiger partial charge in [-0.25, -0.2) is 0 Å². The number of amides is 1. The largest absolute Gasteiger partial charge is 0.481 e. The lowest BCUT2D eigenvalue weighted by molar-refractivity contribution is -0.138. The SMILES string of the molecule is Cc1cc(Br)c(NC(=O)CC(C)CC(=O)O)cc1Cl. The molecule has 0 saturated heterocycles. The normalized spacial score (nSPS) is 12.0. The molecule has 1 atom stereocenters. The van der Waals surface area contributed by atoms with Crippen LogP contribution in [-0.2, 0) is 9.59 Å². The molecule has 0 aromatic heterocycles. The second-order valence-corrected chi connectivity index (χ2v) is 5.80. The minimum atomic E-state index is -0.903. The third-order valence-corrected chi connectivity index (χ3v) is 3.64. The molecular formula is C13H15BrClNO3. The standard InChI is InChI=1S/C13H15BrClNO3/c1-7(4-13(18)19)3-12(17)16-11-6-10(15)8(2)5-9(11)14/h5-7H,3-4H2,1-2H3,(H,16,17)(H,18,19). The lowest BCUT2D eigenvalue weighted by Crippen LogP contribution is -2.17. The van der Waals surface area contributed by atoms with E-state index in [2.05, 4.69) is 21.2 Å². The van der Waals surface area contributed by atoms with Crippen LogP contribution in [0.4, 0.5) is 5.69 Å². The van der Waals surface area contributed by atoms with E-state index in [1.165, 1.54) is 0 Å². The number of carboxylic acids is 1. The Morgan fingerprint density at radius 3 is 2.63 bits per heavy atom. The van der Waals surface area contributed by atoms with Crippen molar-refractivity contribution in [3.8, 4) is 0 Å². The molecular weight excluding hydrogens is 334 g/mol. The van der Waals surface area contributed by atoms with E-state index < -0.39 is 5.97 Å². The van der Waals surface area contributed by atoms with Crippen molar-refractivity contribution in [2.75, 3.05) is 5.32 Å². The Bertz CT molecular complexity index is 505. The Hall–Kier alpha value is -1.07. The van der Waals surface area contributed by atoms with Crippen LogP contribution < -0.4 is 5.32 Å². The first-order valence-corrected chi connectivity index (χ1v) is 6.94. The summed E-state index contributed by atoms with van der Waals surface area (Å²) in [5, 5.41) is 11.9. The van der Waals surface area contributed by atoms with Gasteiger partial charge >= 0.3 is 5.97 Å². The number of halogens is 2. The van der Waals surface area contributed by atoms with Crippen molar-refractivity contribution in [2.24, 2.45) is 5.92 Å². The Morgan fingerprint density at radius 1 is 1.42 bits per heavy atom. The number of hydrogen-bond acceptors (Lipinski definition) is 2. The fraction of sp³-hybridized carbons (Fsp3) is 0.385. The molecule has 0 heterocycles. The molecule has 0 spiro atoms. The van der Waals surface area contributed by atoms with Crippen LogP contribution in [-0.4, -0.2) is 17.0 Å². The highest BCUT2D eigenvalue weighted by atomic mass is 79.9. The zero-order chi connectivity index (χ0) is 14.6. The van der Waals surface area contributed by atoms with E-state index in [1.807, 2.05) is 13.0 Å². The molecule has 0 aliphatic heterocycles. The van der Waals surface area contributed by atoms with Crippen molar-refractivity contribution in [1.82, 2.24) is 0 Å². The number of aliphatic carboxylic acids is 1. The van der Waals surface area contributed by atoms with Crippen LogP contribution in [0.25, 0.3) is 0 Å². The molecule has 0 radical (unpaired) electrons. The quantitative estimate of drug-likeness (QED) is 0.849. The molecule has 19 heavy (non-hydrogen) atoms. The van der Waals surface area contributed by atoms with Gasteiger partial charge in [0.05, 0.1) is 5.69 Å². The van der Waals surface area contributed by atoms with Gasteiger partial charge in [0.25, 0.3) is 0 Å². The third-order valence-electron chi connectivity index (χ3n) is 2.58. The van der Waals surface area contributed by atoms with Gasteiger partial charge in [-0.2, -0.15) is 0 Å². The molecule has 0 bridgehead atoms. The van der Waals surface area contributed by atoms with E-state index in [4.69, 9.17) is 16.7 Å². The second-order valence-electron chi connectivity index (χ2n) is 4.54. The Labute approximate surface area is 125 Å². The Morgan fingerprint density at radius 2 is 2.05 bits per heavy atom. The van der Waals surface area contributed by atoms with E-state index in [0.717, 1.165) is 10.0 Å². The number of hydrogen-bond donors (Lipinski definition) is 2. The smallest absolute Gasteiger partial charge is 0.303 e. The first-order chi connectivity index (χ1) is 8.79. The average molecular weight is 349 g/mol. The molecule has 4 nitrogen and oxygen atoms in total. The molecule has 1 amide bonds. The third kappa shape index (κ3) is 5.20. The molecule has 0 aliphatic carbocycles. The summed E-state index contributed by atoms with van der Waals surface area (Å²) < 4.78 is 0.744. The number of anilines is 1. The predicted octanol–water partition coefficient (Wildman–Crippen LogP) is 3.85. The van der Waals surface area contributed by atoms with E-state index in [-0.39, 0.29) is 24.7 Å². The summed E-state index contributed by atoms with van der Waals surface area (Å²) in [7, 11) is 0. The van der Waals surface area contributed by atoms with Crippen molar-refractivity contribution < 1.29 is 14.7 Å². The Kier molecular flexibility index (Phi) is 5.82. The first-order valence-electron chi connectivity index (χ1n) is 5.77. The van der Waals surface area contributed by atoms with Crippen LogP contribution in [0.15, 0.2) is 16.6 Å². The number of carbonyl (C=O) groups is 2. The van der Waals surface area contributed by atoms with Crippen molar-refractivity contribution in [2.45, 2.75) is 26.7 Å². The van der Waals surface area contributed by atoms with Gasteiger partial charge < -0.3 is 10.4 Å². The van der Waals surface area contributed by atoms with Crippen LogP contribution in [0.3, 0.4) is 0 Å². The van der Waals surface area contributed by atoms with Gasteiger partial charge in [0.15, 0.2) is 0 Å². The highest BCUT2D eigenvalue weighted by Gasteiger charge is 2.14. The van der Waals surface area contributed by atoms with E-state index in [0.29, 0.717) is 10.7 Å². The number of carbonyl (C=O) groups excluding carboxylic acids is 1. The van der Waals surface area contributed by atoms with Crippen molar-refractivity contribution in [1.29, 1.82) is 0 Å². The van der Waals surface area contributed by atoms with E-state index in [9.17, 15) is 9.59 Å². The van der Waals surface area contributed by atoms with Gasteiger partial charge in [-0.05, 0) is 46.5 Å². The molecule has 0 aliphatic rings. The van der Waals surface area contributed by atoms with Crippen molar-refractivity contribution >= 4 is 45.1 Å². The molecule has 104 valence electrons. The molecule has 1 rings (SSSR count). The van der Waals surface area contributed by atoms with E-state index >= 15 is 0 Å². The molecule has 0 saturated carbocycles. The lowest BCUT2D eigenvalue weighted by atomic mass is 10.0. The predicted molar refractivity (Wildman–Crippen MR) is 78.6 cm³/mol. The minimum absolute atomic E-state index is 0.0246. The fourth-order valence-corrected chi connectivity index (χ4v) is 2.35. The number of aryl methyl sites for hydroxylation is 1. The summed E-state index contributed by atoms with van der Waals surface area (Å²) >= 11 is 9.34. The summed E-state index contributed by atoms with van der Waals surface area (Å²) in [6.45, 7) is 3.60. The highest BCUT2D eigenvalue weighted by Crippen LogP contribution is 2.29. The molecule has 1 aromatic carbocycles. The van der Waals surface area contributed by atoms with E-state index in [1.54, 1.807) is 13.0 Å². The molecule has 6 heteroatoms.